The van der Waals surface area contributed by atoms with Crippen molar-refractivity contribution in [2.45, 2.75) is 13.3 Å². The summed E-state index contributed by atoms with van der Waals surface area (Å²) in [6.45, 7) is 1.89. The number of nitrogens with zero attached hydrogens (tertiary/aromatic N) is 3. The molecule has 9 heteroatoms. The lowest BCUT2D eigenvalue weighted by molar-refractivity contribution is -0.124. The summed E-state index contributed by atoms with van der Waals surface area (Å²) in [6, 6.07) is 14.1. The quantitative estimate of drug-likeness (QED) is 0.533. The van der Waals surface area contributed by atoms with Gasteiger partial charge in [-0.25, -0.2) is 4.98 Å². The molecular weight excluding hydrogens is 410 g/mol. The molecule has 3 rings (SSSR count). The Morgan fingerprint density at radius 3 is 2.41 bits per heavy atom. The molecule has 2 aromatic carbocycles. The number of amides is 3. The summed E-state index contributed by atoms with van der Waals surface area (Å²) in [7, 11) is 1.56. The first-order valence-corrected chi connectivity index (χ1v) is 10.2. The zero-order valence-corrected chi connectivity index (χ0v) is 18.0. The Kier molecular flexibility index (Phi) is 7.69. The number of hydrogen-bond acceptors (Lipinski definition) is 6. The van der Waals surface area contributed by atoms with E-state index in [9.17, 15) is 14.4 Å². The summed E-state index contributed by atoms with van der Waals surface area (Å²) in [5.74, 6) is -0.529. The predicted molar refractivity (Wildman–Crippen MR) is 120 cm³/mol. The highest BCUT2D eigenvalue weighted by molar-refractivity contribution is 5.97. The standard InChI is InChI=1S/C23H25N5O4/c1-3-12-28(23(31)20-13-24-18-6-4-5-7-19(18)27-20)15-22(30)25-14-21(29)26-16-8-10-17(32-2)11-9-16/h4-11,13H,3,12,14-15H2,1-2H3,(H,25,30)(H,26,29). The molecule has 0 fully saturated rings. The van der Waals surface area contributed by atoms with Crippen molar-refractivity contribution in [1.29, 1.82) is 0 Å². The minimum Gasteiger partial charge on any atom is -0.497 e. The van der Waals surface area contributed by atoms with Gasteiger partial charge in [0.2, 0.25) is 11.8 Å². The minimum absolute atomic E-state index is 0.169. The van der Waals surface area contributed by atoms with Crippen molar-refractivity contribution in [3.05, 3.63) is 60.4 Å². The van der Waals surface area contributed by atoms with Gasteiger partial charge in [0, 0.05) is 12.2 Å². The fourth-order valence-corrected chi connectivity index (χ4v) is 3.03. The molecule has 0 atom stereocenters. The van der Waals surface area contributed by atoms with Crippen LogP contribution in [0.1, 0.15) is 23.8 Å². The van der Waals surface area contributed by atoms with Gasteiger partial charge in [-0.15, -0.1) is 0 Å². The number of para-hydroxylation sites is 2. The third-order valence-electron chi connectivity index (χ3n) is 4.60. The average Bonchev–Trinajstić information content (AvgIpc) is 2.82. The SMILES string of the molecule is CCCN(CC(=O)NCC(=O)Nc1ccc(OC)cc1)C(=O)c1cnc2ccccc2n1. The first kappa shape index (κ1) is 22.7. The van der Waals surface area contributed by atoms with Crippen molar-refractivity contribution in [1.82, 2.24) is 20.2 Å². The Labute approximate surface area is 185 Å². The molecule has 1 aromatic heterocycles. The topological polar surface area (TPSA) is 114 Å². The number of fused-ring (bicyclic) bond motifs is 1. The smallest absolute Gasteiger partial charge is 0.274 e. The molecule has 0 radical (unpaired) electrons. The summed E-state index contributed by atoms with van der Waals surface area (Å²) in [4.78, 5) is 47.4. The molecule has 3 amide bonds. The number of hydrogen-bond donors (Lipinski definition) is 2. The fraction of sp³-hybridized carbons (Fsp3) is 0.261. The summed E-state index contributed by atoms with van der Waals surface area (Å²) in [5, 5.41) is 5.23. The van der Waals surface area contributed by atoms with Crippen LogP contribution in [0.25, 0.3) is 11.0 Å². The highest BCUT2D eigenvalue weighted by atomic mass is 16.5. The Bertz CT molecular complexity index is 1100. The molecule has 166 valence electrons. The molecule has 0 saturated carbocycles. The van der Waals surface area contributed by atoms with Crippen LogP contribution in [0.3, 0.4) is 0 Å². The van der Waals surface area contributed by atoms with E-state index < -0.39 is 5.91 Å². The number of ether oxygens (including phenoxy) is 1. The van der Waals surface area contributed by atoms with Crippen molar-refractivity contribution < 1.29 is 19.1 Å². The lowest BCUT2D eigenvalue weighted by atomic mass is 10.2. The lowest BCUT2D eigenvalue weighted by Gasteiger charge is -2.21. The normalized spacial score (nSPS) is 10.4. The van der Waals surface area contributed by atoms with Crippen LogP contribution >= 0.6 is 0 Å². The fourth-order valence-electron chi connectivity index (χ4n) is 3.03. The van der Waals surface area contributed by atoms with Gasteiger partial charge >= 0.3 is 0 Å². The van der Waals surface area contributed by atoms with E-state index in [1.807, 2.05) is 25.1 Å². The van der Waals surface area contributed by atoms with Gasteiger partial charge in [0.05, 0.1) is 37.4 Å². The van der Waals surface area contributed by atoms with Crippen molar-refractivity contribution in [2.24, 2.45) is 0 Å². The zero-order chi connectivity index (χ0) is 22.9. The van der Waals surface area contributed by atoms with Gasteiger partial charge in [-0.3, -0.25) is 19.4 Å². The summed E-state index contributed by atoms with van der Waals surface area (Å²) >= 11 is 0. The van der Waals surface area contributed by atoms with Crippen LogP contribution in [0.5, 0.6) is 5.75 Å². The van der Waals surface area contributed by atoms with E-state index in [0.717, 1.165) is 0 Å². The first-order chi connectivity index (χ1) is 15.5. The van der Waals surface area contributed by atoms with Crippen LogP contribution in [0.2, 0.25) is 0 Å². The van der Waals surface area contributed by atoms with Gasteiger partial charge in [0.15, 0.2) is 0 Å². The van der Waals surface area contributed by atoms with Gasteiger partial charge in [0.25, 0.3) is 5.91 Å². The van der Waals surface area contributed by atoms with Crippen LogP contribution in [0, 0.1) is 0 Å². The van der Waals surface area contributed by atoms with E-state index in [0.29, 0.717) is 35.4 Å². The number of carbonyl (C=O) groups excluding carboxylic acids is 3. The molecule has 2 N–H and O–H groups in total. The van der Waals surface area contributed by atoms with E-state index in [2.05, 4.69) is 20.6 Å². The van der Waals surface area contributed by atoms with Crippen molar-refractivity contribution in [3.63, 3.8) is 0 Å². The van der Waals surface area contributed by atoms with Gasteiger partial charge < -0.3 is 20.3 Å². The second-order valence-corrected chi connectivity index (χ2v) is 7.02. The van der Waals surface area contributed by atoms with Crippen molar-refractivity contribution >= 4 is 34.4 Å². The second kappa shape index (κ2) is 10.9. The number of carbonyl (C=O) groups is 3. The number of nitrogens with one attached hydrogen (secondary N) is 2. The zero-order valence-electron chi connectivity index (χ0n) is 18.0. The highest BCUT2D eigenvalue weighted by Crippen LogP contribution is 2.14. The van der Waals surface area contributed by atoms with Crippen molar-refractivity contribution in [2.75, 3.05) is 32.1 Å². The number of methoxy groups -OCH3 is 1. The molecule has 1 heterocycles. The number of benzene rings is 2. The largest absolute Gasteiger partial charge is 0.497 e. The third kappa shape index (κ3) is 6.00. The summed E-state index contributed by atoms with van der Waals surface area (Å²) in [5.41, 5.74) is 2.05. The van der Waals surface area contributed by atoms with Gasteiger partial charge in [-0.2, -0.15) is 0 Å². The Balaban J connectivity index is 1.56. The molecule has 0 unspecified atom stereocenters. The maximum atomic E-state index is 12.9. The van der Waals surface area contributed by atoms with Gasteiger partial charge in [-0.1, -0.05) is 19.1 Å². The van der Waals surface area contributed by atoms with Crippen molar-refractivity contribution in [3.8, 4) is 5.75 Å². The molecule has 0 aliphatic carbocycles. The summed E-state index contributed by atoms with van der Waals surface area (Å²) < 4.78 is 5.07. The summed E-state index contributed by atoms with van der Waals surface area (Å²) in [6.07, 6.45) is 2.07. The number of rotatable bonds is 9. The van der Waals surface area contributed by atoms with Crippen LogP contribution < -0.4 is 15.4 Å². The maximum absolute atomic E-state index is 12.9. The molecule has 0 spiro atoms. The highest BCUT2D eigenvalue weighted by Gasteiger charge is 2.20. The number of anilines is 1. The predicted octanol–water partition coefficient (Wildman–Crippen LogP) is 2.25. The molecule has 32 heavy (non-hydrogen) atoms. The Morgan fingerprint density at radius 2 is 1.72 bits per heavy atom. The first-order valence-electron chi connectivity index (χ1n) is 10.2. The Morgan fingerprint density at radius 1 is 1.00 bits per heavy atom. The van der Waals surface area contributed by atoms with E-state index in [1.165, 1.54) is 11.1 Å². The lowest BCUT2D eigenvalue weighted by Crippen LogP contribution is -2.43. The maximum Gasteiger partial charge on any atom is 0.274 e. The van der Waals surface area contributed by atoms with Crippen LogP contribution in [0.4, 0.5) is 5.69 Å². The Hall–Kier alpha value is -4.01. The molecule has 0 aliphatic rings. The monoisotopic (exact) mass is 435 g/mol. The molecule has 9 nitrogen and oxygen atoms in total. The van der Waals surface area contributed by atoms with E-state index >= 15 is 0 Å². The molecule has 3 aromatic rings. The van der Waals surface area contributed by atoms with E-state index in [4.69, 9.17) is 4.74 Å². The van der Waals surface area contributed by atoms with Crippen LogP contribution in [0.15, 0.2) is 54.7 Å². The van der Waals surface area contributed by atoms with E-state index in [1.54, 1.807) is 37.4 Å². The molecule has 0 bridgehead atoms. The van der Waals surface area contributed by atoms with E-state index in [-0.39, 0.29) is 30.6 Å². The van der Waals surface area contributed by atoms with Gasteiger partial charge in [0.1, 0.15) is 11.4 Å². The average molecular weight is 435 g/mol. The van der Waals surface area contributed by atoms with Crippen LogP contribution in [-0.4, -0.2) is 59.3 Å². The third-order valence-corrected chi connectivity index (χ3v) is 4.60. The molecule has 0 saturated heterocycles. The number of aromatic nitrogens is 2. The second-order valence-electron chi connectivity index (χ2n) is 7.02. The molecule has 0 aliphatic heterocycles. The van der Waals surface area contributed by atoms with Crippen LogP contribution in [-0.2, 0) is 9.59 Å². The molecular formula is C23H25N5O4. The minimum atomic E-state index is -0.439. The van der Waals surface area contributed by atoms with Gasteiger partial charge in [-0.05, 0) is 42.8 Å².